The van der Waals surface area contributed by atoms with E-state index < -0.39 is 6.04 Å². The second-order valence-electron chi connectivity index (χ2n) is 3.67. The van der Waals surface area contributed by atoms with E-state index in [-0.39, 0.29) is 12.5 Å². The number of nitriles is 1. The molecule has 1 N–H and O–H groups in total. The molecule has 0 saturated heterocycles. The fraction of sp³-hybridized carbons (Fsp3) is 0.385. The molecular weight excluding hydrogens is 216 g/mol. The number of hydrogen-bond acceptors (Lipinski definition) is 3. The van der Waals surface area contributed by atoms with Crippen LogP contribution >= 0.6 is 0 Å². The van der Waals surface area contributed by atoms with Crippen LogP contribution in [0.5, 0.6) is 5.75 Å². The smallest absolute Gasteiger partial charge is 0.258 e. The van der Waals surface area contributed by atoms with Crippen LogP contribution in [0, 0.1) is 11.3 Å². The van der Waals surface area contributed by atoms with Gasteiger partial charge < -0.3 is 10.1 Å². The summed E-state index contributed by atoms with van der Waals surface area (Å²) < 4.78 is 5.41. The lowest BCUT2D eigenvalue weighted by atomic mass is 10.1. The highest BCUT2D eigenvalue weighted by atomic mass is 16.5. The maximum Gasteiger partial charge on any atom is 0.258 e. The van der Waals surface area contributed by atoms with E-state index in [0.717, 1.165) is 17.7 Å². The molecule has 0 aliphatic carbocycles. The van der Waals surface area contributed by atoms with Gasteiger partial charge in [-0.1, -0.05) is 25.1 Å². The Morgan fingerprint density at radius 2 is 2.24 bits per heavy atom. The topological polar surface area (TPSA) is 62.1 Å². The Hall–Kier alpha value is -2.02. The van der Waals surface area contributed by atoms with Crippen LogP contribution < -0.4 is 10.1 Å². The molecule has 90 valence electrons. The number of nitrogens with zero attached hydrogens (tertiary/aromatic N) is 1. The average Bonchev–Trinajstić information content (AvgIpc) is 2.36. The van der Waals surface area contributed by atoms with E-state index in [4.69, 9.17) is 10.00 Å². The standard InChI is InChI=1S/C13H16N2O2/c1-3-11-6-4-5-7-12(11)17-9-13(16)15-10(2)8-14/h4-7,10H,3,9H2,1-2H3,(H,15,16)/t10-/m1/s1. The monoisotopic (exact) mass is 232 g/mol. The van der Waals surface area contributed by atoms with Crippen LogP contribution in [0.3, 0.4) is 0 Å². The maximum atomic E-state index is 11.4. The summed E-state index contributed by atoms with van der Waals surface area (Å²) in [7, 11) is 0. The Bertz CT molecular complexity index is 424. The summed E-state index contributed by atoms with van der Waals surface area (Å²) in [5, 5.41) is 11.1. The van der Waals surface area contributed by atoms with Crippen molar-refractivity contribution in [3.05, 3.63) is 29.8 Å². The van der Waals surface area contributed by atoms with Gasteiger partial charge in [-0.2, -0.15) is 5.26 Å². The molecule has 0 aromatic heterocycles. The highest BCUT2D eigenvalue weighted by molar-refractivity contribution is 5.78. The van der Waals surface area contributed by atoms with Gasteiger partial charge in [0.05, 0.1) is 6.07 Å². The maximum absolute atomic E-state index is 11.4. The number of ether oxygens (including phenoxy) is 1. The number of aryl methyl sites for hydroxylation is 1. The van der Waals surface area contributed by atoms with Crippen molar-refractivity contribution in [2.24, 2.45) is 0 Å². The first-order valence-corrected chi connectivity index (χ1v) is 5.57. The average molecular weight is 232 g/mol. The van der Waals surface area contributed by atoms with Gasteiger partial charge in [-0.3, -0.25) is 4.79 Å². The molecule has 0 fully saturated rings. The zero-order chi connectivity index (χ0) is 12.7. The molecule has 4 nitrogen and oxygen atoms in total. The predicted molar refractivity (Wildman–Crippen MR) is 64.5 cm³/mol. The SMILES string of the molecule is CCc1ccccc1OCC(=O)N[C@H](C)C#N. The highest BCUT2D eigenvalue weighted by Crippen LogP contribution is 2.17. The van der Waals surface area contributed by atoms with Gasteiger partial charge in [0.15, 0.2) is 6.61 Å². The molecule has 4 heteroatoms. The lowest BCUT2D eigenvalue weighted by molar-refractivity contribution is -0.123. The fourth-order valence-corrected chi connectivity index (χ4v) is 1.40. The number of rotatable bonds is 5. The van der Waals surface area contributed by atoms with Crippen LogP contribution in [-0.4, -0.2) is 18.6 Å². The van der Waals surface area contributed by atoms with Crippen LogP contribution in [0.2, 0.25) is 0 Å². The third-order valence-electron chi connectivity index (χ3n) is 2.28. The Morgan fingerprint density at radius 3 is 2.88 bits per heavy atom. The molecule has 0 heterocycles. The van der Waals surface area contributed by atoms with Crippen molar-refractivity contribution < 1.29 is 9.53 Å². The Balaban J connectivity index is 2.50. The Kier molecular flexibility index (Phi) is 5.02. The first kappa shape index (κ1) is 13.0. The molecule has 0 spiro atoms. The van der Waals surface area contributed by atoms with Crippen LogP contribution in [0.15, 0.2) is 24.3 Å². The zero-order valence-electron chi connectivity index (χ0n) is 10.1. The molecule has 17 heavy (non-hydrogen) atoms. The minimum Gasteiger partial charge on any atom is -0.483 e. The van der Waals surface area contributed by atoms with Crippen LogP contribution in [-0.2, 0) is 11.2 Å². The molecular formula is C13H16N2O2. The van der Waals surface area contributed by atoms with E-state index >= 15 is 0 Å². The normalized spacial score (nSPS) is 11.4. The van der Waals surface area contributed by atoms with Crippen LogP contribution in [0.25, 0.3) is 0 Å². The van der Waals surface area contributed by atoms with Crippen molar-refractivity contribution in [3.63, 3.8) is 0 Å². The van der Waals surface area contributed by atoms with E-state index in [2.05, 4.69) is 5.32 Å². The van der Waals surface area contributed by atoms with Gasteiger partial charge in [-0.15, -0.1) is 0 Å². The molecule has 1 aromatic rings. The summed E-state index contributed by atoms with van der Waals surface area (Å²) in [6, 6.07) is 9.03. The number of para-hydroxylation sites is 1. The summed E-state index contributed by atoms with van der Waals surface area (Å²) in [6.07, 6.45) is 0.854. The number of benzene rings is 1. The second kappa shape index (κ2) is 6.54. The minimum absolute atomic E-state index is 0.0664. The molecule has 0 radical (unpaired) electrons. The number of nitrogens with one attached hydrogen (secondary N) is 1. The fourth-order valence-electron chi connectivity index (χ4n) is 1.40. The van der Waals surface area contributed by atoms with E-state index in [1.54, 1.807) is 6.92 Å². The largest absolute Gasteiger partial charge is 0.483 e. The molecule has 0 saturated carbocycles. The van der Waals surface area contributed by atoms with Gasteiger partial charge in [0.25, 0.3) is 5.91 Å². The summed E-state index contributed by atoms with van der Waals surface area (Å²) in [5.41, 5.74) is 1.06. The van der Waals surface area contributed by atoms with Crippen molar-refractivity contribution in [3.8, 4) is 11.8 Å². The Labute approximate surface area is 101 Å². The van der Waals surface area contributed by atoms with Gasteiger partial charge in [-0.25, -0.2) is 0 Å². The Morgan fingerprint density at radius 1 is 1.53 bits per heavy atom. The first-order chi connectivity index (χ1) is 8.17. The van der Waals surface area contributed by atoms with Crippen molar-refractivity contribution >= 4 is 5.91 Å². The molecule has 0 aliphatic rings. The van der Waals surface area contributed by atoms with Gasteiger partial charge in [0.2, 0.25) is 0 Å². The van der Waals surface area contributed by atoms with Crippen molar-refractivity contribution in [2.45, 2.75) is 26.3 Å². The summed E-state index contributed by atoms with van der Waals surface area (Å²) in [4.78, 5) is 11.4. The molecule has 0 aliphatic heterocycles. The molecule has 1 atom stereocenters. The zero-order valence-corrected chi connectivity index (χ0v) is 10.1. The minimum atomic E-state index is -0.493. The molecule has 1 aromatic carbocycles. The van der Waals surface area contributed by atoms with Gasteiger partial charge in [-0.05, 0) is 25.0 Å². The van der Waals surface area contributed by atoms with Gasteiger partial charge in [0, 0.05) is 0 Å². The van der Waals surface area contributed by atoms with Crippen molar-refractivity contribution in [1.82, 2.24) is 5.32 Å². The van der Waals surface area contributed by atoms with E-state index in [1.165, 1.54) is 0 Å². The van der Waals surface area contributed by atoms with Gasteiger partial charge >= 0.3 is 0 Å². The van der Waals surface area contributed by atoms with Crippen LogP contribution in [0.4, 0.5) is 0 Å². The molecule has 1 rings (SSSR count). The van der Waals surface area contributed by atoms with Gasteiger partial charge in [0.1, 0.15) is 11.8 Å². The quantitative estimate of drug-likeness (QED) is 0.839. The third-order valence-corrected chi connectivity index (χ3v) is 2.28. The highest BCUT2D eigenvalue weighted by Gasteiger charge is 2.08. The third kappa shape index (κ3) is 4.15. The number of carbonyl (C=O) groups excluding carboxylic acids is 1. The van der Waals surface area contributed by atoms with Crippen LogP contribution in [0.1, 0.15) is 19.4 Å². The summed E-state index contributed by atoms with van der Waals surface area (Å²) in [6.45, 7) is 3.58. The number of amides is 1. The second-order valence-corrected chi connectivity index (χ2v) is 3.67. The van der Waals surface area contributed by atoms with Crippen molar-refractivity contribution in [2.75, 3.05) is 6.61 Å². The molecule has 1 amide bonds. The lowest BCUT2D eigenvalue weighted by Crippen LogP contribution is -2.35. The molecule has 0 bridgehead atoms. The van der Waals surface area contributed by atoms with Crippen molar-refractivity contribution in [1.29, 1.82) is 5.26 Å². The summed E-state index contributed by atoms with van der Waals surface area (Å²) in [5.74, 6) is 0.430. The van der Waals surface area contributed by atoms with E-state index in [9.17, 15) is 4.79 Å². The number of hydrogen-bond donors (Lipinski definition) is 1. The van der Waals surface area contributed by atoms with E-state index in [1.807, 2.05) is 37.3 Å². The summed E-state index contributed by atoms with van der Waals surface area (Å²) >= 11 is 0. The lowest BCUT2D eigenvalue weighted by Gasteiger charge is -2.11. The van der Waals surface area contributed by atoms with E-state index in [0.29, 0.717) is 0 Å². The number of carbonyl (C=O) groups is 1. The predicted octanol–water partition coefficient (Wildman–Crippen LogP) is 1.66. The first-order valence-electron chi connectivity index (χ1n) is 5.57. The molecule has 0 unspecified atom stereocenters.